The number of aromatic nitrogens is 4. The number of carbonyl (C=O) groups excluding carboxylic acids is 1. The molecule has 0 spiro atoms. The summed E-state index contributed by atoms with van der Waals surface area (Å²) in [5.74, 6) is -0.0683. The maximum absolute atomic E-state index is 12.8. The molecule has 0 aromatic carbocycles. The summed E-state index contributed by atoms with van der Waals surface area (Å²) in [4.78, 5) is 23.1. The fourth-order valence-electron chi connectivity index (χ4n) is 3.24. The number of rotatable bonds is 8. The van der Waals surface area contributed by atoms with Gasteiger partial charge in [-0.1, -0.05) is 6.07 Å². The van der Waals surface area contributed by atoms with Crippen molar-refractivity contribution in [3.8, 4) is 0 Å². The zero-order valence-corrected chi connectivity index (χ0v) is 18.1. The molecule has 0 bridgehead atoms. The van der Waals surface area contributed by atoms with Crippen LogP contribution in [0.15, 0.2) is 35.2 Å². The van der Waals surface area contributed by atoms with Crippen molar-refractivity contribution >= 4 is 39.6 Å². The molecule has 6 nitrogen and oxygen atoms in total. The monoisotopic (exact) mass is 425 g/mol. The van der Waals surface area contributed by atoms with Crippen molar-refractivity contribution < 1.29 is 4.79 Å². The molecule has 8 heteroatoms. The van der Waals surface area contributed by atoms with Crippen molar-refractivity contribution in [2.45, 2.75) is 39.7 Å². The number of amides is 1. The standard InChI is InChI=1S/C21H23N5OS2/c1-14-10-17(21(27)22-8-4-3-7-19-24-15(2)13-29-19)18-11-23-26(20(18)25-14)12-16-6-5-9-28-16/h5-6,9-11,13H,3-4,7-8,12H2,1-2H3,(H,22,27). The largest absolute Gasteiger partial charge is 0.352 e. The Bertz CT molecular complexity index is 1110. The summed E-state index contributed by atoms with van der Waals surface area (Å²) < 4.78 is 1.86. The van der Waals surface area contributed by atoms with Crippen LogP contribution in [0, 0.1) is 13.8 Å². The molecule has 0 aliphatic carbocycles. The molecule has 0 aliphatic rings. The second-order valence-electron chi connectivity index (χ2n) is 7.03. The smallest absolute Gasteiger partial charge is 0.252 e. The minimum absolute atomic E-state index is 0.0683. The van der Waals surface area contributed by atoms with E-state index in [0.717, 1.165) is 41.7 Å². The summed E-state index contributed by atoms with van der Waals surface area (Å²) in [6.07, 6.45) is 4.64. The minimum Gasteiger partial charge on any atom is -0.352 e. The lowest BCUT2D eigenvalue weighted by molar-refractivity contribution is 0.0954. The first kappa shape index (κ1) is 19.7. The van der Waals surface area contributed by atoms with E-state index < -0.39 is 0 Å². The summed E-state index contributed by atoms with van der Waals surface area (Å²) in [5.41, 5.74) is 3.29. The lowest BCUT2D eigenvalue weighted by atomic mass is 10.1. The van der Waals surface area contributed by atoms with Crippen LogP contribution in [0.5, 0.6) is 0 Å². The minimum atomic E-state index is -0.0683. The van der Waals surface area contributed by atoms with Gasteiger partial charge in [0.2, 0.25) is 0 Å². The lowest BCUT2D eigenvalue weighted by Gasteiger charge is -2.08. The van der Waals surface area contributed by atoms with Gasteiger partial charge >= 0.3 is 0 Å². The Morgan fingerprint density at radius 2 is 2.07 bits per heavy atom. The Kier molecular flexibility index (Phi) is 6.01. The molecule has 4 rings (SSSR count). The highest BCUT2D eigenvalue weighted by molar-refractivity contribution is 7.10. The van der Waals surface area contributed by atoms with E-state index in [1.807, 2.05) is 36.0 Å². The van der Waals surface area contributed by atoms with Gasteiger partial charge in [0.15, 0.2) is 5.65 Å². The number of pyridine rings is 1. The molecular formula is C21H23N5OS2. The van der Waals surface area contributed by atoms with Crippen LogP contribution in [0.4, 0.5) is 0 Å². The third kappa shape index (κ3) is 4.71. The third-order valence-electron chi connectivity index (χ3n) is 4.64. The molecule has 0 fully saturated rings. The molecule has 0 saturated heterocycles. The number of fused-ring (bicyclic) bond motifs is 1. The van der Waals surface area contributed by atoms with E-state index >= 15 is 0 Å². The van der Waals surface area contributed by atoms with E-state index in [1.54, 1.807) is 28.9 Å². The molecule has 0 unspecified atom stereocenters. The van der Waals surface area contributed by atoms with Gasteiger partial charge in [-0.15, -0.1) is 22.7 Å². The summed E-state index contributed by atoms with van der Waals surface area (Å²) in [7, 11) is 0. The van der Waals surface area contributed by atoms with Crippen LogP contribution >= 0.6 is 22.7 Å². The van der Waals surface area contributed by atoms with E-state index in [9.17, 15) is 4.79 Å². The molecule has 4 aromatic heterocycles. The lowest BCUT2D eigenvalue weighted by Crippen LogP contribution is -2.25. The second kappa shape index (κ2) is 8.84. The molecule has 4 aromatic rings. The van der Waals surface area contributed by atoms with Crippen LogP contribution in [-0.2, 0) is 13.0 Å². The van der Waals surface area contributed by atoms with Crippen LogP contribution < -0.4 is 5.32 Å². The summed E-state index contributed by atoms with van der Waals surface area (Å²) in [6.45, 7) is 5.24. The zero-order valence-electron chi connectivity index (χ0n) is 16.5. The topological polar surface area (TPSA) is 72.7 Å². The van der Waals surface area contributed by atoms with Crippen LogP contribution in [0.3, 0.4) is 0 Å². The molecule has 0 aliphatic heterocycles. The van der Waals surface area contributed by atoms with Gasteiger partial charge in [-0.25, -0.2) is 14.6 Å². The average molecular weight is 426 g/mol. The molecule has 0 radical (unpaired) electrons. The number of thiazole rings is 1. The van der Waals surface area contributed by atoms with Crippen molar-refractivity contribution in [1.29, 1.82) is 0 Å². The van der Waals surface area contributed by atoms with Gasteiger partial charge in [0.05, 0.1) is 28.7 Å². The maximum atomic E-state index is 12.8. The average Bonchev–Trinajstić information content (AvgIpc) is 3.44. The Morgan fingerprint density at radius 1 is 1.17 bits per heavy atom. The predicted octanol–water partition coefficient (Wildman–Crippen LogP) is 4.37. The summed E-state index contributed by atoms with van der Waals surface area (Å²) >= 11 is 3.39. The van der Waals surface area contributed by atoms with E-state index in [-0.39, 0.29) is 5.91 Å². The molecule has 0 saturated carbocycles. The summed E-state index contributed by atoms with van der Waals surface area (Å²) in [6, 6.07) is 5.95. The number of hydrogen-bond acceptors (Lipinski definition) is 6. The van der Waals surface area contributed by atoms with Crippen LogP contribution in [0.25, 0.3) is 11.0 Å². The van der Waals surface area contributed by atoms with Crippen molar-refractivity contribution in [3.63, 3.8) is 0 Å². The first-order valence-electron chi connectivity index (χ1n) is 9.65. The highest BCUT2D eigenvalue weighted by atomic mass is 32.1. The third-order valence-corrected chi connectivity index (χ3v) is 6.52. The highest BCUT2D eigenvalue weighted by Gasteiger charge is 2.16. The van der Waals surface area contributed by atoms with Gasteiger partial charge in [0.25, 0.3) is 5.91 Å². The Hall–Kier alpha value is -2.58. The number of nitrogens with zero attached hydrogens (tertiary/aromatic N) is 4. The highest BCUT2D eigenvalue weighted by Crippen LogP contribution is 2.20. The van der Waals surface area contributed by atoms with Gasteiger partial charge in [0.1, 0.15) is 0 Å². The quantitative estimate of drug-likeness (QED) is 0.426. The molecule has 29 heavy (non-hydrogen) atoms. The maximum Gasteiger partial charge on any atom is 0.252 e. The van der Waals surface area contributed by atoms with Gasteiger partial charge in [0, 0.05) is 28.2 Å². The normalized spacial score (nSPS) is 11.2. The fourth-order valence-corrected chi connectivity index (χ4v) is 4.75. The number of unbranched alkanes of at least 4 members (excludes halogenated alkanes) is 1. The number of hydrogen-bond donors (Lipinski definition) is 1. The molecule has 150 valence electrons. The van der Waals surface area contributed by atoms with Crippen LogP contribution in [0.2, 0.25) is 0 Å². The van der Waals surface area contributed by atoms with E-state index in [0.29, 0.717) is 18.7 Å². The Morgan fingerprint density at radius 3 is 2.83 bits per heavy atom. The summed E-state index contributed by atoms with van der Waals surface area (Å²) in [5, 5.41) is 13.6. The van der Waals surface area contributed by atoms with Gasteiger partial charge in [-0.05, 0) is 50.6 Å². The van der Waals surface area contributed by atoms with Crippen LogP contribution in [-0.4, -0.2) is 32.2 Å². The first-order chi connectivity index (χ1) is 14.1. The number of carbonyl (C=O) groups is 1. The van der Waals surface area contributed by atoms with Crippen molar-refractivity contribution in [2.24, 2.45) is 0 Å². The molecule has 1 N–H and O–H groups in total. The van der Waals surface area contributed by atoms with Crippen molar-refractivity contribution in [3.05, 3.63) is 62.0 Å². The van der Waals surface area contributed by atoms with Crippen molar-refractivity contribution in [2.75, 3.05) is 6.54 Å². The van der Waals surface area contributed by atoms with E-state index in [4.69, 9.17) is 0 Å². The number of thiophene rings is 1. The molecular weight excluding hydrogens is 402 g/mol. The number of aryl methyl sites for hydroxylation is 3. The van der Waals surface area contributed by atoms with Gasteiger partial charge in [-0.2, -0.15) is 5.10 Å². The van der Waals surface area contributed by atoms with Gasteiger partial charge in [-0.3, -0.25) is 4.79 Å². The van der Waals surface area contributed by atoms with E-state index in [1.165, 1.54) is 9.88 Å². The van der Waals surface area contributed by atoms with E-state index in [2.05, 4.69) is 31.8 Å². The molecule has 1 amide bonds. The van der Waals surface area contributed by atoms with Gasteiger partial charge < -0.3 is 5.32 Å². The zero-order chi connectivity index (χ0) is 20.2. The SMILES string of the molecule is Cc1csc(CCCCNC(=O)c2cc(C)nc3c2cnn3Cc2cccs2)n1. The van der Waals surface area contributed by atoms with Crippen LogP contribution in [0.1, 0.15) is 44.5 Å². The Labute approximate surface area is 177 Å². The number of nitrogens with one attached hydrogen (secondary N) is 1. The van der Waals surface area contributed by atoms with Crippen molar-refractivity contribution in [1.82, 2.24) is 25.1 Å². The first-order valence-corrected chi connectivity index (χ1v) is 11.4. The Balaban J connectivity index is 1.40. The molecule has 4 heterocycles. The fraction of sp³-hybridized carbons (Fsp3) is 0.333. The molecule has 0 atom stereocenters. The predicted molar refractivity (Wildman–Crippen MR) is 118 cm³/mol. The second-order valence-corrected chi connectivity index (χ2v) is 9.00.